The number of hydrogen-bond donors (Lipinski definition) is 1. The van der Waals surface area contributed by atoms with E-state index in [0.717, 1.165) is 30.3 Å². The molecule has 4 nitrogen and oxygen atoms in total. The minimum Gasteiger partial charge on any atom is -0.489 e. The van der Waals surface area contributed by atoms with Crippen LogP contribution < -0.4 is 9.64 Å². The average molecular weight is 369 g/mol. The molecule has 1 atom stereocenters. The van der Waals surface area contributed by atoms with Crippen LogP contribution in [0.3, 0.4) is 0 Å². The number of carbonyl (C=O) groups excluding carboxylic acids is 1. The van der Waals surface area contributed by atoms with E-state index in [1.807, 2.05) is 0 Å². The number of amides is 1. The summed E-state index contributed by atoms with van der Waals surface area (Å²) in [6.07, 6.45) is -4.45. The van der Waals surface area contributed by atoms with Crippen LogP contribution in [0.1, 0.15) is 22.3 Å². The number of carbonyl (C=O) groups is 1. The number of aliphatic hydroxyl groups excluding tert-OH is 1. The molecule has 1 aliphatic heterocycles. The number of benzene rings is 2. The third-order valence-electron chi connectivity index (χ3n) is 4.09. The van der Waals surface area contributed by atoms with Crippen LogP contribution in [-0.4, -0.2) is 30.3 Å². The second kappa shape index (κ2) is 6.95. The van der Waals surface area contributed by atoms with E-state index in [4.69, 9.17) is 4.74 Å². The second-order valence-corrected chi connectivity index (χ2v) is 5.84. The standard InChI is InChI=1S/C18H15F4NO3/c19-13-4-5-16-15(9-13)23(14(6-7-24)10-26-16)17(25)11-2-1-3-12(8-11)18(20,21)22/h1-5,8-9,14,24H,6-7,10H2. The molecular weight excluding hydrogens is 354 g/mol. The molecule has 1 heterocycles. The lowest BCUT2D eigenvalue weighted by Crippen LogP contribution is -2.47. The minimum atomic E-state index is -4.59. The van der Waals surface area contributed by atoms with Crippen molar-refractivity contribution in [3.8, 4) is 5.75 Å². The van der Waals surface area contributed by atoms with Crippen LogP contribution in [0.4, 0.5) is 23.2 Å². The van der Waals surface area contributed by atoms with Gasteiger partial charge >= 0.3 is 6.18 Å². The zero-order valence-corrected chi connectivity index (χ0v) is 13.5. The highest BCUT2D eigenvalue weighted by Gasteiger charge is 2.35. The molecule has 0 saturated heterocycles. The van der Waals surface area contributed by atoms with Gasteiger partial charge in [0.25, 0.3) is 5.91 Å². The largest absolute Gasteiger partial charge is 0.489 e. The van der Waals surface area contributed by atoms with Crippen LogP contribution in [0.25, 0.3) is 0 Å². The Morgan fingerprint density at radius 2 is 2.00 bits per heavy atom. The quantitative estimate of drug-likeness (QED) is 0.841. The number of halogens is 4. The van der Waals surface area contributed by atoms with Gasteiger partial charge in [-0.15, -0.1) is 0 Å². The van der Waals surface area contributed by atoms with Gasteiger partial charge in [-0.3, -0.25) is 9.69 Å². The maximum atomic E-state index is 13.7. The lowest BCUT2D eigenvalue weighted by Gasteiger charge is -2.37. The van der Waals surface area contributed by atoms with Crippen molar-refractivity contribution < 1.29 is 32.2 Å². The molecule has 8 heteroatoms. The number of nitrogens with zero attached hydrogens (tertiary/aromatic N) is 1. The predicted molar refractivity (Wildman–Crippen MR) is 85.6 cm³/mol. The van der Waals surface area contributed by atoms with Gasteiger partial charge in [0.05, 0.1) is 17.3 Å². The Labute approximate surface area is 146 Å². The van der Waals surface area contributed by atoms with E-state index in [2.05, 4.69) is 0 Å². The monoisotopic (exact) mass is 369 g/mol. The van der Waals surface area contributed by atoms with E-state index in [1.54, 1.807) is 0 Å². The molecule has 0 aliphatic carbocycles. The molecule has 0 bridgehead atoms. The number of ether oxygens (including phenoxy) is 1. The summed E-state index contributed by atoms with van der Waals surface area (Å²) in [5.41, 5.74) is -1.01. The lowest BCUT2D eigenvalue weighted by atomic mass is 10.0. The molecule has 0 aromatic heterocycles. The van der Waals surface area contributed by atoms with Gasteiger partial charge in [0.15, 0.2) is 0 Å². The van der Waals surface area contributed by atoms with Crippen molar-refractivity contribution in [2.24, 2.45) is 0 Å². The third kappa shape index (κ3) is 3.50. The molecule has 138 valence electrons. The summed E-state index contributed by atoms with van der Waals surface area (Å²) >= 11 is 0. The molecule has 2 aromatic carbocycles. The Hall–Kier alpha value is -2.61. The highest BCUT2D eigenvalue weighted by atomic mass is 19.4. The predicted octanol–water partition coefficient (Wildman–Crippen LogP) is 3.63. The number of fused-ring (bicyclic) bond motifs is 1. The Morgan fingerprint density at radius 3 is 2.69 bits per heavy atom. The fourth-order valence-corrected chi connectivity index (χ4v) is 2.86. The average Bonchev–Trinajstić information content (AvgIpc) is 2.60. The normalized spacial score (nSPS) is 16.8. The van der Waals surface area contributed by atoms with Crippen molar-refractivity contribution in [3.05, 3.63) is 59.4 Å². The summed E-state index contributed by atoms with van der Waals surface area (Å²) in [6, 6.07) is 7.01. The molecule has 1 amide bonds. The van der Waals surface area contributed by atoms with Gasteiger partial charge in [-0.25, -0.2) is 4.39 Å². The van der Waals surface area contributed by atoms with Crippen molar-refractivity contribution >= 4 is 11.6 Å². The lowest BCUT2D eigenvalue weighted by molar-refractivity contribution is -0.137. The Morgan fingerprint density at radius 1 is 1.23 bits per heavy atom. The Kier molecular flexibility index (Phi) is 4.86. The molecule has 1 N–H and O–H groups in total. The van der Waals surface area contributed by atoms with Gasteiger partial charge < -0.3 is 9.84 Å². The van der Waals surface area contributed by atoms with Gasteiger partial charge in [0.2, 0.25) is 0 Å². The SMILES string of the molecule is O=C(c1cccc(C(F)(F)F)c1)N1c2cc(F)ccc2OCC1CCO. The first kappa shape index (κ1) is 18.2. The molecule has 0 spiro atoms. The first-order valence-electron chi connectivity index (χ1n) is 7.85. The van der Waals surface area contributed by atoms with Crippen LogP contribution in [0.2, 0.25) is 0 Å². The molecule has 0 radical (unpaired) electrons. The molecule has 1 unspecified atom stereocenters. The zero-order valence-electron chi connectivity index (χ0n) is 13.5. The Balaban J connectivity index is 2.05. The fraction of sp³-hybridized carbons (Fsp3) is 0.278. The number of anilines is 1. The van der Waals surface area contributed by atoms with E-state index in [0.29, 0.717) is 0 Å². The van der Waals surface area contributed by atoms with Gasteiger partial charge in [-0.1, -0.05) is 6.07 Å². The van der Waals surface area contributed by atoms with Crippen LogP contribution in [0.5, 0.6) is 5.75 Å². The molecule has 2 aromatic rings. The van der Waals surface area contributed by atoms with Crippen LogP contribution in [0.15, 0.2) is 42.5 Å². The van der Waals surface area contributed by atoms with E-state index < -0.39 is 29.5 Å². The maximum Gasteiger partial charge on any atom is 0.416 e. The van der Waals surface area contributed by atoms with E-state index in [9.17, 15) is 27.5 Å². The van der Waals surface area contributed by atoms with Crippen LogP contribution in [-0.2, 0) is 6.18 Å². The van der Waals surface area contributed by atoms with Gasteiger partial charge in [0, 0.05) is 18.2 Å². The Bertz CT molecular complexity index is 822. The molecule has 0 saturated carbocycles. The first-order valence-corrected chi connectivity index (χ1v) is 7.85. The van der Waals surface area contributed by atoms with E-state index in [1.165, 1.54) is 17.0 Å². The van der Waals surface area contributed by atoms with Crippen molar-refractivity contribution in [2.45, 2.75) is 18.6 Å². The number of rotatable bonds is 3. The maximum absolute atomic E-state index is 13.7. The smallest absolute Gasteiger partial charge is 0.416 e. The fourth-order valence-electron chi connectivity index (χ4n) is 2.86. The molecule has 0 fully saturated rings. The van der Waals surface area contributed by atoms with Crippen molar-refractivity contribution in [2.75, 3.05) is 18.1 Å². The van der Waals surface area contributed by atoms with E-state index >= 15 is 0 Å². The number of alkyl halides is 3. The van der Waals surface area contributed by atoms with Crippen LogP contribution in [0, 0.1) is 5.82 Å². The van der Waals surface area contributed by atoms with Crippen molar-refractivity contribution in [3.63, 3.8) is 0 Å². The minimum absolute atomic E-state index is 0.0455. The zero-order chi connectivity index (χ0) is 18.9. The summed E-state index contributed by atoms with van der Waals surface area (Å²) < 4.78 is 58.0. The first-order chi connectivity index (χ1) is 12.3. The molecule has 1 aliphatic rings. The van der Waals surface area contributed by atoms with Crippen LogP contribution >= 0.6 is 0 Å². The third-order valence-corrected chi connectivity index (χ3v) is 4.09. The van der Waals surface area contributed by atoms with Gasteiger partial charge in [0.1, 0.15) is 18.2 Å². The summed E-state index contributed by atoms with van der Waals surface area (Å²) in [5.74, 6) is -1.08. The van der Waals surface area contributed by atoms with Gasteiger partial charge in [-0.2, -0.15) is 13.2 Å². The highest BCUT2D eigenvalue weighted by Crippen LogP contribution is 2.37. The molecule has 3 rings (SSSR count). The summed E-state index contributed by atoms with van der Waals surface area (Å²) in [6.45, 7) is -0.213. The molecular formula is C18H15F4NO3. The summed E-state index contributed by atoms with van der Waals surface area (Å²) in [5, 5.41) is 9.23. The number of aliphatic hydroxyl groups is 1. The summed E-state index contributed by atoms with van der Waals surface area (Å²) in [7, 11) is 0. The topological polar surface area (TPSA) is 49.8 Å². The van der Waals surface area contributed by atoms with Crippen molar-refractivity contribution in [1.29, 1.82) is 0 Å². The number of hydrogen-bond acceptors (Lipinski definition) is 3. The van der Waals surface area contributed by atoms with Crippen molar-refractivity contribution in [1.82, 2.24) is 0 Å². The van der Waals surface area contributed by atoms with E-state index in [-0.39, 0.29) is 36.6 Å². The van der Waals surface area contributed by atoms with Gasteiger partial charge in [-0.05, 0) is 36.8 Å². The highest BCUT2D eigenvalue weighted by molar-refractivity contribution is 6.07. The second-order valence-electron chi connectivity index (χ2n) is 5.84. The summed E-state index contributed by atoms with van der Waals surface area (Å²) in [4.78, 5) is 14.1. The molecule has 26 heavy (non-hydrogen) atoms.